The van der Waals surface area contributed by atoms with Gasteiger partial charge in [0.2, 0.25) is 11.0 Å². The molecule has 28 heavy (non-hydrogen) atoms. The minimum absolute atomic E-state index is 0.178. The Bertz CT molecular complexity index is 955. The lowest BCUT2D eigenvalue weighted by atomic mass is 10.1. The highest BCUT2D eigenvalue weighted by Gasteiger charge is 2.15. The summed E-state index contributed by atoms with van der Waals surface area (Å²) in [4.78, 5) is 12.0. The van der Waals surface area contributed by atoms with Gasteiger partial charge in [0.25, 0.3) is 0 Å². The van der Waals surface area contributed by atoms with Gasteiger partial charge in [-0.15, -0.1) is 27.0 Å². The van der Waals surface area contributed by atoms with Crippen molar-refractivity contribution in [3.05, 3.63) is 53.3 Å². The van der Waals surface area contributed by atoms with Crippen LogP contribution in [0.3, 0.4) is 0 Å². The van der Waals surface area contributed by atoms with Crippen molar-refractivity contribution >= 4 is 34.1 Å². The molecule has 0 aliphatic carbocycles. The monoisotopic (exact) mass is 416 g/mol. The number of aromatic nitrogens is 5. The van der Waals surface area contributed by atoms with Crippen LogP contribution in [0.4, 0.5) is 5.13 Å². The Hall–Kier alpha value is -2.72. The van der Waals surface area contributed by atoms with E-state index in [1.54, 1.807) is 11.6 Å². The zero-order valence-electron chi connectivity index (χ0n) is 15.6. The summed E-state index contributed by atoms with van der Waals surface area (Å²) in [6.07, 6.45) is 1.76. The Morgan fingerprint density at radius 2 is 2.21 bits per heavy atom. The van der Waals surface area contributed by atoms with Gasteiger partial charge in [-0.05, 0) is 31.0 Å². The lowest BCUT2D eigenvalue weighted by molar-refractivity contribution is -0.113. The lowest BCUT2D eigenvalue weighted by Gasteiger charge is -2.11. The van der Waals surface area contributed by atoms with Crippen LogP contribution in [0.15, 0.2) is 41.5 Å². The fraction of sp³-hybridized carbons (Fsp3) is 0.278. The highest BCUT2D eigenvalue weighted by molar-refractivity contribution is 7.99. The van der Waals surface area contributed by atoms with E-state index in [-0.39, 0.29) is 18.3 Å². The zero-order valence-corrected chi connectivity index (χ0v) is 17.2. The topological polar surface area (TPSA) is 94.8 Å². The minimum atomic E-state index is -0.178. The molecule has 10 heteroatoms. The molecule has 0 spiro atoms. The quantitative estimate of drug-likeness (QED) is 0.423. The van der Waals surface area contributed by atoms with Crippen LogP contribution in [-0.2, 0) is 17.9 Å². The molecule has 0 saturated carbocycles. The SMILES string of the molecule is C=CCn1c(COc2cccc(C)c2C)nnc1SCC(=O)Nc1nncs1. The van der Waals surface area contributed by atoms with Crippen molar-refractivity contribution in [1.29, 1.82) is 0 Å². The molecule has 0 radical (unpaired) electrons. The van der Waals surface area contributed by atoms with E-state index in [2.05, 4.69) is 32.3 Å². The summed E-state index contributed by atoms with van der Waals surface area (Å²) in [5.74, 6) is 1.50. The number of amides is 1. The number of benzene rings is 1. The minimum Gasteiger partial charge on any atom is -0.485 e. The molecule has 1 N–H and O–H groups in total. The predicted octanol–water partition coefficient (Wildman–Crippen LogP) is 3.24. The molecule has 8 nitrogen and oxygen atoms in total. The number of nitrogens with zero attached hydrogens (tertiary/aromatic N) is 5. The summed E-state index contributed by atoms with van der Waals surface area (Å²) in [6.45, 7) is 8.66. The van der Waals surface area contributed by atoms with Crippen LogP contribution in [0.1, 0.15) is 17.0 Å². The van der Waals surface area contributed by atoms with Crippen molar-refractivity contribution in [1.82, 2.24) is 25.0 Å². The van der Waals surface area contributed by atoms with Gasteiger partial charge in [-0.3, -0.25) is 14.7 Å². The number of aryl methyl sites for hydroxylation is 1. The van der Waals surface area contributed by atoms with E-state index in [4.69, 9.17) is 4.74 Å². The van der Waals surface area contributed by atoms with Crippen molar-refractivity contribution < 1.29 is 9.53 Å². The second kappa shape index (κ2) is 9.47. The maximum atomic E-state index is 12.0. The maximum Gasteiger partial charge on any atom is 0.236 e. The molecule has 2 heterocycles. The van der Waals surface area contributed by atoms with E-state index in [1.807, 2.05) is 36.6 Å². The second-order valence-electron chi connectivity index (χ2n) is 5.87. The molecular weight excluding hydrogens is 396 g/mol. The molecule has 2 aromatic heterocycles. The summed E-state index contributed by atoms with van der Waals surface area (Å²) >= 11 is 2.56. The van der Waals surface area contributed by atoms with E-state index in [0.29, 0.717) is 22.7 Å². The summed E-state index contributed by atoms with van der Waals surface area (Å²) in [7, 11) is 0. The van der Waals surface area contributed by atoms with Crippen LogP contribution in [0, 0.1) is 13.8 Å². The number of carbonyl (C=O) groups excluding carboxylic acids is 1. The molecule has 0 fully saturated rings. The number of hydrogen-bond donors (Lipinski definition) is 1. The van der Waals surface area contributed by atoms with Crippen LogP contribution in [0.2, 0.25) is 0 Å². The smallest absolute Gasteiger partial charge is 0.236 e. The number of carbonyl (C=O) groups is 1. The molecule has 1 amide bonds. The number of thioether (sulfide) groups is 1. The van der Waals surface area contributed by atoms with E-state index >= 15 is 0 Å². The lowest BCUT2D eigenvalue weighted by Crippen LogP contribution is -2.15. The van der Waals surface area contributed by atoms with Crippen LogP contribution in [0.5, 0.6) is 5.75 Å². The van der Waals surface area contributed by atoms with Gasteiger partial charge >= 0.3 is 0 Å². The number of ether oxygens (including phenoxy) is 1. The van der Waals surface area contributed by atoms with E-state index in [1.165, 1.54) is 28.7 Å². The van der Waals surface area contributed by atoms with Crippen molar-refractivity contribution in [3.63, 3.8) is 0 Å². The number of allylic oxidation sites excluding steroid dienone is 1. The zero-order chi connectivity index (χ0) is 19.9. The predicted molar refractivity (Wildman–Crippen MR) is 110 cm³/mol. The Balaban J connectivity index is 1.64. The Morgan fingerprint density at radius 1 is 1.36 bits per heavy atom. The molecule has 0 aliphatic rings. The van der Waals surface area contributed by atoms with Crippen molar-refractivity contribution in [2.24, 2.45) is 0 Å². The molecular formula is C18H20N6O2S2. The molecule has 0 unspecified atom stereocenters. The van der Waals surface area contributed by atoms with Gasteiger partial charge in [0.05, 0.1) is 5.75 Å². The molecule has 3 rings (SSSR count). The van der Waals surface area contributed by atoms with E-state index in [0.717, 1.165) is 11.3 Å². The Kier molecular flexibility index (Phi) is 6.77. The van der Waals surface area contributed by atoms with Gasteiger partial charge in [-0.1, -0.05) is 41.3 Å². The van der Waals surface area contributed by atoms with Gasteiger partial charge < -0.3 is 4.74 Å². The third-order valence-corrected chi connectivity index (χ3v) is 5.53. The first kappa shape index (κ1) is 20.0. The fourth-order valence-electron chi connectivity index (χ4n) is 2.38. The molecule has 1 aromatic carbocycles. The summed E-state index contributed by atoms with van der Waals surface area (Å²) < 4.78 is 7.83. The Morgan fingerprint density at radius 3 is 2.96 bits per heavy atom. The molecule has 0 atom stereocenters. The highest BCUT2D eigenvalue weighted by atomic mass is 32.2. The first-order valence-electron chi connectivity index (χ1n) is 8.49. The molecule has 0 aliphatic heterocycles. The van der Waals surface area contributed by atoms with Crippen LogP contribution in [0.25, 0.3) is 0 Å². The van der Waals surface area contributed by atoms with Crippen molar-refractivity contribution in [2.75, 3.05) is 11.1 Å². The van der Waals surface area contributed by atoms with Gasteiger partial charge in [0, 0.05) is 6.54 Å². The van der Waals surface area contributed by atoms with E-state index < -0.39 is 0 Å². The first-order chi connectivity index (χ1) is 13.6. The molecule has 0 saturated heterocycles. The third kappa shape index (κ3) is 4.96. The largest absolute Gasteiger partial charge is 0.485 e. The average Bonchev–Trinajstić information content (AvgIpc) is 3.32. The number of nitrogens with one attached hydrogen (secondary N) is 1. The molecule has 3 aromatic rings. The van der Waals surface area contributed by atoms with Crippen molar-refractivity contribution in [3.8, 4) is 5.75 Å². The summed E-state index contributed by atoms with van der Waals surface area (Å²) in [5.41, 5.74) is 3.83. The fourth-order valence-corrected chi connectivity index (χ4v) is 3.61. The van der Waals surface area contributed by atoms with Crippen LogP contribution >= 0.6 is 23.1 Å². The average molecular weight is 417 g/mol. The maximum absolute atomic E-state index is 12.0. The third-order valence-electron chi connectivity index (χ3n) is 3.96. The van der Waals surface area contributed by atoms with Crippen LogP contribution in [-0.4, -0.2) is 36.6 Å². The van der Waals surface area contributed by atoms with Gasteiger partial charge in [0.1, 0.15) is 17.9 Å². The summed E-state index contributed by atoms with van der Waals surface area (Å²) in [6, 6.07) is 5.94. The van der Waals surface area contributed by atoms with Crippen molar-refractivity contribution in [2.45, 2.75) is 32.2 Å². The van der Waals surface area contributed by atoms with Crippen LogP contribution < -0.4 is 10.1 Å². The van der Waals surface area contributed by atoms with E-state index in [9.17, 15) is 4.79 Å². The summed E-state index contributed by atoms with van der Waals surface area (Å²) in [5, 5.41) is 19.7. The molecule has 146 valence electrons. The van der Waals surface area contributed by atoms with Gasteiger partial charge in [-0.25, -0.2) is 0 Å². The number of anilines is 1. The van der Waals surface area contributed by atoms with Gasteiger partial charge in [0.15, 0.2) is 11.0 Å². The first-order valence-corrected chi connectivity index (χ1v) is 10.4. The Labute approximate surface area is 171 Å². The number of hydrogen-bond acceptors (Lipinski definition) is 8. The standard InChI is InChI=1S/C18H20N6O2S2/c1-4-8-24-15(9-26-14-7-5-6-12(2)13(14)3)21-23-18(24)27-10-16(25)20-17-22-19-11-28-17/h4-7,11H,1,8-10H2,2-3H3,(H,20,22,25). The second-order valence-corrected chi connectivity index (χ2v) is 7.64. The highest BCUT2D eigenvalue weighted by Crippen LogP contribution is 2.23. The number of rotatable bonds is 9. The normalized spacial score (nSPS) is 10.6. The molecule has 0 bridgehead atoms. The van der Waals surface area contributed by atoms with Gasteiger partial charge in [-0.2, -0.15) is 0 Å².